The molecule has 0 aliphatic rings. The van der Waals surface area contributed by atoms with Gasteiger partial charge in [-0.25, -0.2) is 8.42 Å². The predicted octanol–water partition coefficient (Wildman–Crippen LogP) is 2.69. The average molecular weight is 376 g/mol. The number of nitrogens with zero attached hydrogens (tertiary/aromatic N) is 1. The number of hydrogen-bond acceptors (Lipinski definition) is 4. The summed E-state index contributed by atoms with van der Waals surface area (Å²) >= 11 is 1.79. The van der Waals surface area contributed by atoms with Gasteiger partial charge >= 0.3 is 0 Å². The minimum atomic E-state index is -3.95. The number of benzene rings is 1. The van der Waals surface area contributed by atoms with E-state index in [2.05, 4.69) is 0 Å². The van der Waals surface area contributed by atoms with E-state index in [4.69, 9.17) is 10.7 Å². The topological polar surface area (TPSA) is 77.3 Å². The average Bonchev–Trinajstić information content (AvgIpc) is 2.14. The van der Waals surface area contributed by atoms with E-state index in [1.807, 2.05) is 0 Å². The summed E-state index contributed by atoms with van der Waals surface area (Å²) in [7, 11) is 1.26. The normalized spacial score (nSPS) is 11.4. The Morgan fingerprint density at radius 3 is 2.44 bits per heavy atom. The van der Waals surface area contributed by atoms with Crippen molar-refractivity contribution in [1.29, 1.82) is 0 Å². The lowest BCUT2D eigenvalue weighted by atomic mass is 10.1. The first-order valence-corrected chi connectivity index (χ1v) is 7.58. The molecule has 5 nitrogen and oxygen atoms in total. The van der Waals surface area contributed by atoms with Crippen LogP contribution in [0.1, 0.15) is 12.5 Å². The first-order chi connectivity index (χ1) is 7.29. The standard InChI is InChI=1S/C8H7ClINO4S/c1-2-5-7(16(9,14)15)4-3-6(10)8(5)11(12)13/h3-4H,2H2,1H3. The monoisotopic (exact) mass is 375 g/mol. The third-order valence-corrected chi connectivity index (χ3v) is 4.27. The molecule has 16 heavy (non-hydrogen) atoms. The van der Waals surface area contributed by atoms with E-state index in [-0.39, 0.29) is 22.6 Å². The Hall–Kier alpha value is -0.410. The summed E-state index contributed by atoms with van der Waals surface area (Å²) in [5.41, 5.74) is -0.0447. The summed E-state index contributed by atoms with van der Waals surface area (Å²) in [5, 5.41) is 10.8. The molecule has 8 heteroatoms. The highest BCUT2D eigenvalue weighted by Gasteiger charge is 2.25. The summed E-state index contributed by atoms with van der Waals surface area (Å²) in [5.74, 6) is 0. The first-order valence-electron chi connectivity index (χ1n) is 4.19. The molecule has 0 spiro atoms. The highest BCUT2D eigenvalue weighted by atomic mass is 127. The fourth-order valence-electron chi connectivity index (χ4n) is 1.36. The van der Waals surface area contributed by atoms with Gasteiger partial charge in [-0.1, -0.05) is 6.92 Å². The lowest BCUT2D eigenvalue weighted by Gasteiger charge is -2.06. The largest absolute Gasteiger partial charge is 0.287 e. The van der Waals surface area contributed by atoms with E-state index < -0.39 is 14.0 Å². The van der Waals surface area contributed by atoms with E-state index in [9.17, 15) is 18.5 Å². The molecule has 0 unspecified atom stereocenters. The molecule has 0 saturated heterocycles. The minimum absolute atomic E-state index is 0.145. The molecule has 0 N–H and O–H groups in total. The molecule has 0 aliphatic heterocycles. The molecule has 0 radical (unpaired) electrons. The van der Waals surface area contributed by atoms with Crippen molar-refractivity contribution >= 4 is 48.0 Å². The Balaban J connectivity index is 3.69. The minimum Gasteiger partial charge on any atom is -0.258 e. The molecule has 0 atom stereocenters. The molecule has 0 fully saturated rings. The summed E-state index contributed by atoms with van der Waals surface area (Å²) < 4.78 is 22.9. The van der Waals surface area contributed by atoms with Crippen molar-refractivity contribution in [2.24, 2.45) is 0 Å². The van der Waals surface area contributed by atoms with Gasteiger partial charge in [0.15, 0.2) is 0 Å². The van der Waals surface area contributed by atoms with Crippen molar-refractivity contribution in [3.05, 3.63) is 31.4 Å². The number of nitro benzene ring substituents is 1. The molecule has 0 saturated carbocycles. The first kappa shape index (κ1) is 13.7. The molecule has 0 bridgehead atoms. The Kier molecular flexibility index (Phi) is 4.13. The SMILES string of the molecule is CCc1c(S(=O)(=O)Cl)ccc(I)c1[N+](=O)[O-]. The van der Waals surface area contributed by atoms with Gasteiger partial charge in [0.2, 0.25) is 0 Å². The summed E-state index contributed by atoms with van der Waals surface area (Å²) in [6.07, 6.45) is 0.231. The van der Waals surface area contributed by atoms with Crippen LogP contribution in [0.15, 0.2) is 17.0 Å². The third-order valence-electron chi connectivity index (χ3n) is 1.99. The van der Waals surface area contributed by atoms with Crippen LogP contribution in [0.3, 0.4) is 0 Å². The predicted molar refractivity (Wildman–Crippen MR) is 68.2 cm³/mol. The van der Waals surface area contributed by atoms with Crippen molar-refractivity contribution < 1.29 is 13.3 Å². The van der Waals surface area contributed by atoms with Crippen LogP contribution >= 0.6 is 33.3 Å². The Morgan fingerprint density at radius 2 is 2.06 bits per heavy atom. The van der Waals surface area contributed by atoms with Gasteiger partial charge in [-0.15, -0.1) is 0 Å². The fraction of sp³-hybridized carbons (Fsp3) is 0.250. The highest BCUT2D eigenvalue weighted by molar-refractivity contribution is 14.1. The van der Waals surface area contributed by atoms with E-state index in [1.165, 1.54) is 12.1 Å². The van der Waals surface area contributed by atoms with Gasteiger partial charge in [-0.05, 0) is 41.1 Å². The maximum absolute atomic E-state index is 11.2. The van der Waals surface area contributed by atoms with Crippen LogP contribution in [-0.2, 0) is 15.5 Å². The summed E-state index contributed by atoms with van der Waals surface area (Å²) in [6.45, 7) is 1.64. The van der Waals surface area contributed by atoms with Gasteiger partial charge in [0.1, 0.15) is 0 Å². The van der Waals surface area contributed by atoms with Gasteiger partial charge in [0.05, 0.1) is 19.0 Å². The van der Waals surface area contributed by atoms with Crippen LogP contribution in [0, 0.1) is 13.7 Å². The lowest BCUT2D eigenvalue weighted by Crippen LogP contribution is -2.04. The molecule has 88 valence electrons. The third kappa shape index (κ3) is 2.64. The van der Waals surface area contributed by atoms with Crippen LogP contribution < -0.4 is 0 Å². The van der Waals surface area contributed by atoms with Gasteiger partial charge in [0.25, 0.3) is 14.7 Å². The van der Waals surface area contributed by atoms with Crippen molar-refractivity contribution in [3.63, 3.8) is 0 Å². The summed E-state index contributed by atoms with van der Waals surface area (Å²) in [6, 6.07) is 2.66. The van der Waals surface area contributed by atoms with Gasteiger partial charge in [-0.2, -0.15) is 0 Å². The molecule has 0 amide bonds. The zero-order valence-electron chi connectivity index (χ0n) is 8.11. The van der Waals surface area contributed by atoms with Crippen LogP contribution in [-0.4, -0.2) is 13.3 Å². The molecular weight excluding hydrogens is 369 g/mol. The van der Waals surface area contributed by atoms with Crippen LogP contribution in [0.5, 0.6) is 0 Å². The second-order valence-corrected chi connectivity index (χ2v) is 6.62. The van der Waals surface area contributed by atoms with Gasteiger partial charge < -0.3 is 0 Å². The van der Waals surface area contributed by atoms with Crippen LogP contribution in [0.25, 0.3) is 0 Å². The van der Waals surface area contributed by atoms with Crippen LogP contribution in [0.2, 0.25) is 0 Å². The van der Waals surface area contributed by atoms with Crippen molar-refractivity contribution in [2.75, 3.05) is 0 Å². The number of halogens is 2. The van der Waals surface area contributed by atoms with Gasteiger partial charge in [0, 0.05) is 10.7 Å². The maximum Gasteiger partial charge on any atom is 0.287 e. The highest BCUT2D eigenvalue weighted by Crippen LogP contribution is 2.32. The molecular formula is C8H7ClINO4S. The number of hydrogen-bond donors (Lipinski definition) is 0. The fourth-order valence-corrected chi connectivity index (χ4v) is 3.26. The molecule has 1 aromatic rings. The molecule has 0 heterocycles. The second-order valence-electron chi connectivity index (χ2n) is 2.92. The van der Waals surface area contributed by atoms with Crippen molar-refractivity contribution in [2.45, 2.75) is 18.2 Å². The number of nitro groups is 1. The lowest BCUT2D eigenvalue weighted by molar-refractivity contribution is -0.386. The zero-order chi connectivity index (χ0) is 12.5. The van der Waals surface area contributed by atoms with E-state index in [0.29, 0.717) is 3.57 Å². The van der Waals surface area contributed by atoms with Crippen molar-refractivity contribution in [1.82, 2.24) is 0 Å². The maximum atomic E-state index is 11.2. The van der Waals surface area contributed by atoms with E-state index in [0.717, 1.165) is 0 Å². The molecule has 1 rings (SSSR count). The molecule has 0 aromatic heterocycles. The Bertz CT molecular complexity index is 543. The molecule has 0 aliphatic carbocycles. The zero-order valence-corrected chi connectivity index (χ0v) is 11.8. The van der Waals surface area contributed by atoms with Gasteiger partial charge in [-0.3, -0.25) is 10.1 Å². The van der Waals surface area contributed by atoms with E-state index in [1.54, 1.807) is 29.5 Å². The molecule has 1 aromatic carbocycles. The van der Waals surface area contributed by atoms with Crippen molar-refractivity contribution in [3.8, 4) is 0 Å². The Morgan fingerprint density at radius 1 is 1.50 bits per heavy atom. The smallest absolute Gasteiger partial charge is 0.258 e. The number of rotatable bonds is 3. The van der Waals surface area contributed by atoms with E-state index >= 15 is 0 Å². The Labute approximate surface area is 111 Å². The summed E-state index contributed by atoms with van der Waals surface area (Å²) in [4.78, 5) is 10.1. The quantitative estimate of drug-likeness (QED) is 0.352. The van der Waals surface area contributed by atoms with Crippen LogP contribution in [0.4, 0.5) is 5.69 Å². The second kappa shape index (κ2) is 4.84.